The smallest absolute Gasteiger partial charge is 0.325 e. The number of halogens is 3. The van der Waals surface area contributed by atoms with E-state index in [-0.39, 0.29) is 35.8 Å². The van der Waals surface area contributed by atoms with Gasteiger partial charge in [0.2, 0.25) is 0 Å². The molecule has 2 saturated heterocycles. The van der Waals surface area contributed by atoms with Crippen molar-refractivity contribution in [3.8, 4) is 11.3 Å². The van der Waals surface area contributed by atoms with Gasteiger partial charge in [0.1, 0.15) is 29.1 Å². The molecule has 2 aromatic heterocycles. The van der Waals surface area contributed by atoms with Crippen LogP contribution in [0.4, 0.5) is 9.52 Å². The van der Waals surface area contributed by atoms with Gasteiger partial charge in [0, 0.05) is 47.3 Å². The molecular weight excluding hydrogens is 664 g/mol. The summed E-state index contributed by atoms with van der Waals surface area (Å²) >= 11 is 14.5. The molecule has 47 heavy (non-hydrogen) atoms. The van der Waals surface area contributed by atoms with Crippen molar-refractivity contribution in [2.75, 3.05) is 11.4 Å². The number of aromatic nitrogens is 2. The third-order valence-electron chi connectivity index (χ3n) is 9.00. The topological polar surface area (TPSA) is 110 Å². The van der Waals surface area contributed by atoms with Crippen molar-refractivity contribution in [2.24, 2.45) is 0 Å². The molecular formula is C34H36Cl2FN5O4S. The minimum absolute atomic E-state index is 0.136. The molecule has 2 bridgehead atoms. The van der Waals surface area contributed by atoms with Gasteiger partial charge in [-0.25, -0.2) is 9.37 Å². The normalized spacial score (nSPS) is 21.0. The monoisotopic (exact) mass is 699 g/mol. The van der Waals surface area contributed by atoms with E-state index in [1.165, 1.54) is 17.4 Å². The van der Waals surface area contributed by atoms with Crippen LogP contribution in [0.25, 0.3) is 21.5 Å². The fourth-order valence-electron chi connectivity index (χ4n) is 6.83. The van der Waals surface area contributed by atoms with E-state index in [1.54, 1.807) is 26.8 Å². The Kier molecular flexibility index (Phi) is 8.69. The molecule has 248 valence electrons. The van der Waals surface area contributed by atoms with Gasteiger partial charge in [0.25, 0.3) is 5.91 Å². The van der Waals surface area contributed by atoms with Gasteiger partial charge in [0.15, 0.2) is 10.9 Å². The number of fused-ring (bicyclic) bond motifs is 3. The minimum Gasteiger partial charge on any atom is -0.459 e. The predicted octanol–water partition coefficient (Wildman–Crippen LogP) is 7.64. The van der Waals surface area contributed by atoms with Crippen LogP contribution in [-0.4, -0.2) is 52.3 Å². The second-order valence-corrected chi connectivity index (χ2v) is 15.5. The molecule has 2 unspecified atom stereocenters. The van der Waals surface area contributed by atoms with E-state index in [1.807, 2.05) is 18.2 Å². The predicted molar refractivity (Wildman–Crippen MR) is 181 cm³/mol. The highest BCUT2D eigenvalue weighted by Crippen LogP contribution is 2.47. The fourth-order valence-corrected chi connectivity index (χ4v) is 8.57. The van der Waals surface area contributed by atoms with Crippen molar-refractivity contribution in [1.29, 1.82) is 0 Å². The Bertz CT molecular complexity index is 1820. The van der Waals surface area contributed by atoms with Gasteiger partial charge in [-0.3, -0.25) is 9.59 Å². The Hall–Kier alpha value is -3.25. The maximum absolute atomic E-state index is 15.2. The number of esters is 1. The molecule has 9 nitrogen and oxygen atoms in total. The number of carbonyl (C=O) groups excluding carboxylic acids is 2. The molecule has 4 heterocycles. The summed E-state index contributed by atoms with van der Waals surface area (Å²) in [5, 5.41) is 12.6. The highest BCUT2D eigenvalue weighted by Gasteiger charge is 2.42. The van der Waals surface area contributed by atoms with E-state index < -0.39 is 23.3 Å². The van der Waals surface area contributed by atoms with Crippen LogP contribution < -0.4 is 15.5 Å². The largest absolute Gasteiger partial charge is 0.459 e. The molecule has 0 radical (unpaired) electrons. The molecule has 1 aliphatic carbocycles. The standard InChI is InChI=1S/C34H36Cl2FN5O4S/c1-34(2,3)45-27(43)16-39-32(44)18-11-25(37)30-26(12-18)47-33(40-30)42-20-9-10-21(42)14-19(13-20)38-15-22-29(41-46-31(22)17-7-8-17)28-23(35)5-4-6-24(28)36/h4-6,11-12,17,19-21,38H,7-10,13-16H2,1-3H3,(H,39,44). The van der Waals surface area contributed by atoms with Gasteiger partial charge in [-0.05, 0) is 83.6 Å². The Labute approximate surface area is 286 Å². The Morgan fingerprint density at radius 2 is 1.81 bits per heavy atom. The second kappa shape index (κ2) is 12.7. The number of benzene rings is 2. The van der Waals surface area contributed by atoms with Crippen molar-refractivity contribution in [3.63, 3.8) is 0 Å². The maximum atomic E-state index is 15.2. The van der Waals surface area contributed by atoms with Crippen LogP contribution in [-0.2, 0) is 16.1 Å². The first-order valence-electron chi connectivity index (χ1n) is 16.0. The van der Waals surface area contributed by atoms with E-state index in [0.29, 0.717) is 38.5 Å². The summed E-state index contributed by atoms with van der Waals surface area (Å²) in [4.78, 5) is 31.9. The number of ether oxygens (including phenoxy) is 1. The average molecular weight is 701 g/mol. The molecule has 13 heteroatoms. The summed E-state index contributed by atoms with van der Waals surface area (Å²) < 4.78 is 26.9. The van der Waals surface area contributed by atoms with Crippen LogP contribution in [0, 0.1) is 5.82 Å². The number of hydrogen-bond acceptors (Lipinski definition) is 9. The number of nitrogens with one attached hydrogen (secondary N) is 2. The third-order valence-corrected chi connectivity index (χ3v) is 10.6. The average Bonchev–Trinajstić information content (AvgIpc) is 3.52. The summed E-state index contributed by atoms with van der Waals surface area (Å²) in [7, 11) is 0. The van der Waals surface area contributed by atoms with Gasteiger partial charge < -0.3 is 24.8 Å². The Balaban J connectivity index is 1.04. The lowest BCUT2D eigenvalue weighted by Crippen LogP contribution is -2.49. The number of thiazole rings is 1. The zero-order chi connectivity index (χ0) is 33.0. The SMILES string of the molecule is CC(C)(C)OC(=O)CNC(=O)c1cc(F)c2nc(N3C4CCC3CC(NCc3c(-c5c(Cl)cccc5Cl)noc3C3CC3)C4)sc2c1. The first kappa shape index (κ1) is 32.3. The van der Waals surface area contributed by atoms with Crippen LogP contribution in [0.1, 0.15) is 86.9 Å². The van der Waals surface area contributed by atoms with Crippen LogP contribution in [0.5, 0.6) is 0 Å². The first-order valence-corrected chi connectivity index (χ1v) is 17.6. The van der Waals surface area contributed by atoms with Crippen molar-refractivity contribution >= 4 is 61.8 Å². The lowest BCUT2D eigenvalue weighted by molar-refractivity contribution is -0.153. The van der Waals surface area contributed by atoms with E-state index in [9.17, 15) is 9.59 Å². The molecule has 2 aliphatic heterocycles. The summed E-state index contributed by atoms with van der Waals surface area (Å²) in [5.74, 6) is -0.375. The molecule has 0 spiro atoms. The van der Waals surface area contributed by atoms with E-state index in [0.717, 1.165) is 55.0 Å². The zero-order valence-electron chi connectivity index (χ0n) is 26.4. The molecule has 4 aromatic rings. The van der Waals surface area contributed by atoms with Gasteiger partial charge in [-0.1, -0.05) is 45.8 Å². The molecule has 3 aliphatic rings. The number of amides is 1. The molecule has 1 amide bonds. The number of carbonyl (C=O) groups is 2. The van der Waals surface area contributed by atoms with Gasteiger partial charge in [-0.2, -0.15) is 0 Å². The molecule has 7 rings (SSSR count). The molecule has 3 fully saturated rings. The summed E-state index contributed by atoms with van der Waals surface area (Å²) in [6, 6.07) is 9.05. The van der Waals surface area contributed by atoms with Crippen LogP contribution in [0.2, 0.25) is 10.0 Å². The number of rotatable bonds is 9. The van der Waals surface area contributed by atoms with Gasteiger partial charge in [-0.15, -0.1) is 0 Å². The van der Waals surface area contributed by atoms with Gasteiger partial charge in [0.05, 0.1) is 14.7 Å². The first-order chi connectivity index (χ1) is 22.4. The number of nitrogens with zero attached hydrogens (tertiary/aromatic N) is 3. The van der Waals surface area contributed by atoms with E-state index in [4.69, 9.17) is 37.4 Å². The lowest BCUT2D eigenvalue weighted by Gasteiger charge is -2.39. The summed E-state index contributed by atoms with van der Waals surface area (Å²) in [6.45, 7) is 5.55. The highest BCUT2D eigenvalue weighted by atomic mass is 35.5. The highest BCUT2D eigenvalue weighted by molar-refractivity contribution is 7.22. The Morgan fingerprint density at radius 3 is 2.47 bits per heavy atom. The number of hydrogen-bond donors (Lipinski definition) is 2. The molecule has 2 N–H and O–H groups in total. The molecule has 1 saturated carbocycles. The van der Waals surface area contributed by atoms with E-state index >= 15 is 4.39 Å². The number of piperidine rings is 1. The van der Waals surface area contributed by atoms with Gasteiger partial charge >= 0.3 is 5.97 Å². The van der Waals surface area contributed by atoms with Crippen molar-refractivity contribution in [3.05, 3.63) is 63.1 Å². The summed E-state index contributed by atoms with van der Waals surface area (Å²) in [5.41, 5.74) is 2.14. The fraction of sp³-hybridized carbons (Fsp3) is 0.471. The minimum atomic E-state index is -0.664. The van der Waals surface area contributed by atoms with Crippen LogP contribution in [0.15, 0.2) is 34.9 Å². The van der Waals surface area contributed by atoms with Crippen LogP contribution in [0.3, 0.4) is 0 Å². The van der Waals surface area contributed by atoms with Crippen molar-refractivity contribution in [1.82, 2.24) is 20.8 Å². The molecule has 2 aromatic carbocycles. The molecule has 2 atom stereocenters. The number of anilines is 1. The lowest BCUT2D eigenvalue weighted by atomic mass is 9.97. The maximum Gasteiger partial charge on any atom is 0.325 e. The zero-order valence-corrected chi connectivity index (χ0v) is 28.7. The second-order valence-electron chi connectivity index (χ2n) is 13.7. The third kappa shape index (κ3) is 6.72. The quantitative estimate of drug-likeness (QED) is 0.172. The van der Waals surface area contributed by atoms with Crippen LogP contribution >= 0.6 is 34.5 Å². The van der Waals surface area contributed by atoms with Crippen molar-refractivity contribution < 1.29 is 23.2 Å². The Morgan fingerprint density at radius 1 is 1.11 bits per heavy atom. The van der Waals surface area contributed by atoms with Crippen molar-refractivity contribution in [2.45, 2.75) is 95.5 Å². The van der Waals surface area contributed by atoms with E-state index in [2.05, 4.69) is 20.7 Å². The summed E-state index contributed by atoms with van der Waals surface area (Å²) in [6.07, 6.45) is 6.06.